The van der Waals surface area contributed by atoms with Gasteiger partial charge in [0.25, 0.3) is 0 Å². The largest absolute Gasteiger partial charge is 0.482 e. The molecule has 2 amide bonds. The fraction of sp³-hybridized carbons (Fsp3) is 0.429. The number of hydrogen-bond donors (Lipinski definition) is 3. The number of aliphatic hydroxyl groups is 2. The number of nitrogens with zero attached hydrogens (tertiary/aromatic N) is 1. The van der Waals surface area contributed by atoms with E-state index in [9.17, 15) is 19.8 Å². The zero-order valence-corrected chi connectivity index (χ0v) is 22.7. The van der Waals surface area contributed by atoms with Gasteiger partial charge in [-0.2, -0.15) is 0 Å². The molecule has 9 heteroatoms. The van der Waals surface area contributed by atoms with E-state index in [1.54, 1.807) is 11.0 Å². The summed E-state index contributed by atoms with van der Waals surface area (Å²) in [5, 5.41) is 23.4. The van der Waals surface area contributed by atoms with E-state index in [4.69, 9.17) is 9.47 Å². The first-order valence-electron chi connectivity index (χ1n) is 12.6. The van der Waals surface area contributed by atoms with Crippen LogP contribution in [-0.2, 0) is 20.7 Å². The molecule has 1 aliphatic heterocycles. The number of para-hydroxylation sites is 1. The lowest BCUT2D eigenvalue weighted by Gasteiger charge is -2.41. The molecule has 0 bridgehead atoms. The van der Waals surface area contributed by atoms with Gasteiger partial charge in [-0.1, -0.05) is 42.5 Å². The molecule has 2 aromatic rings. The minimum absolute atomic E-state index is 0.109. The summed E-state index contributed by atoms with van der Waals surface area (Å²) in [6.45, 7) is 0.895. The van der Waals surface area contributed by atoms with Crippen molar-refractivity contribution in [2.45, 2.75) is 50.0 Å². The van der Waals surface area contributed by atoms with Crippen LogP contribution >= 0.6 is 22.6 Å². The van der Waals surface area contributed by atoms with E-state index in [0.29, 0.717) is 24.5 Å². The predicted octanol–water partition coefficient (Wildman–Crippen LogP) is 2.46. The first-order chi connectivity index (χ1) is 18.0. The first kappa shape index (κ1) is 27.6. The number of carbonyl (C=O) groups excluding carboxylic acids is 2. The maximum absolute atomic E-state index is 13.7. The van der Waals surface area contributed by atoms with Crippen molar-refractivity contribution in [3.63, 3.8) is 0 Å². The molecule has 1 fully saturated rings. The Bertz CT molecular complexity index is 1090. The van der Waals surface area contributed by atoms with Crippen LogP contribution < -0.4 is 10.1 Å². The topological polar surface area (TPSA) is 108 Å². The molecule has 8 nitrogen and oxygen atoms in total. The molecule has 3 N–H and O–H groups in total. The van der Waals surface area contributed by atoms with Gasteiger partial charge in [0.2, 0.25) is 11.8 Å². The second-order valence-corrected chi connectivity index (χ2v) is 10.5. The molecule has 0 radical (unpaired) electrons. The van der Waals surface area contributed by atoms with Gasteiger partial charge in [0.15, 0.2) is 0 Å². The van der Waals surface area contributed by atoms with Crippen molar-refractivity contribution in [2.75, 3.05) is 26.3 Å². The lowest BCUT2D eigenvalue weighted by molar-refractivity contribution is -0.140. The first-order valence-corrected chi connectivity index (χ1v) is 13.7. The van der Waals surface area contributed by atoms with Crippen molar-refractivity contribution < 1.29 is 29.3 Å². The zero-order valence-electron chi connectivity index (χ0n) is 20.6. The Morgan fingerprint density at radius 3 is 2.59 bits per heavy atom. The Labute approximate surface area is 230 Å². The van der Waals surface area contributed by atoms with Gasteiger partial charge in [-0.15, -0.1) is 0 Å². The van der Waals surface area contributed by atoms with Crippen LogP contribution in [0.2, 0.25) is 0 Å². The fourth-order valence-corrected chi connectivity index (χ4v) is 5.28. The Morgan fingerprint density at radius 1 is 1.14 bits per heavy atom. The molecule has 4 atom stereocenters. The molecule has 1 heterocycles. The summed E-state index contributed by atoms with van der Waals surface area (Å²) in [6, 6.07) is 16.2. The highest BCUT2D eigenvalue weighted by Gasteiger charge is 2.41. The summed E-state index contributed by atoms with van der Waals surface area (Å²) in [6.07, 6.45) is 1.69. The van der Waals surface area contributed by atoms with Crippen LogP contribution in [0, 0.1) is 3.57 Å². The molecule has 2 aliphatic rings. The van der Waals surface area contributed by atoms with Crippen LogP contribution in [0.5, 0.6) is 5.75 Å². The molecule has 0 unspecified atom stereocenters. The predicted molar refractivity (Wildman–Crippen MR) is 147 cm³/mol. The third-order valence-corrected chi connectivity index (χ3v) is 7.55. The van der Waals surface area contributed by atoms with Gasteiger partial charge in [0.05, 0.1) is 28.7 Å². The summed E-state index contributed by atoms with van der Waals surface area (Å²) in [4.78, 5) is 28.3. The van der Waals surface area contributed by atoms with Crippen LogP contribution in [0.3, 0.4) is 0 Å². The smallest absolute Gasteiger partial charge is 0.247 e. The van der Waals surface area contributed by atoms with Crippen molar-refractivity contribution in [3.8, 4) is 5.75 Å². The Kier molecular flexibility index (Phi) is 9.95. The van der Waals surface area contributed by atoms with Crippen LogP contribution in [0.15, 0.2) is 66.2 Å². The highest BCUT2D eigenvalue weighted by molar-refractivity contribution is 14.1. The fourth-order valence-electron chi connectivity index (χ4n) is 4.77. The third-order valence-electron chi connectivity index (χ3n) is 6.66. The monoisotopic (exact) mass is 620 g/mol. The van der Waals surface area contributed by atoms with Gasteiger partial charge in [0, 0.05) is 31.7 Å². The average molecular weight is 620 g/mol. The van der Waals surface area contributed by atoms with Gasteiger partial charge < -0.3 is 29.9 Å². The third kappa shape index (κ3) is 7.31. The molecule has 0 aromatic heterocycles. The SMILES string of the molecule is O=C(NCCO)C1=C[C@H](Oc2ccccc2I)[C@@H](O)[C@H](N(C[C@@H]2CCCO2)C(=O)Cc2ccccc2)C1. The summed E-state index contributed by atoms with van der Waals surface area (Å²) in [5.74, 6) is 0.0890. The number of halogens is 1. The summed E-state index contributed by atoms with van der Waals surface area (Å²) < 4.78 is 12.9. The second-order valence-electron chi connectivity index (χ2n) is 9.29. The van der Waals surface area contributed by atoms with E-state index in [1.807, 2.05) is 54.6 Å². The van der Waals surface area contributed by atoms with Crippen molar-refractivity contribution in [2.24, 2.45) is 0 Å². The second kappa shape index (κ2) is 13.4. The molecule has 37 heavy (non-hydrogen) atoms. The van der Waals surface area contributed by atoms with E-state index in [-0.39, 0.29) is 43.9 Å². The highest BCUT2D eigenvalue weighted by atomic mass is 127. The molecule has 0 saturated carbocycles. The number of ether oxygens (including phenoxy) is 2. The zero-order chi connectivity index (χ0) is 26.2. The lowest BCUT2D eigenvalue weighted by atomic mass is 9.87. The number of hydrogen-bond acceptors (Lipinski definition) is 6. The van der Waals surface area contributed by atoms with E-state index in [0.717, 1.165) is 22.0 Å². The van der Waals surface area contributed by atoms with Gasteiger partial charge in [-0.05, 0) is 59.2 Å². The van der Waals surface area contributed by atoms with E-state index in [1.165, 1.54) is 0 Å². The van der Waals surface area contributed by atoms with E-state index in [2.05, 4.69) is 27.9 Å². The highest BCUT2D eigenvalue weighted by Crippen LogP contribution is 2.31. The maximum atomic E-state index is 13.7. The molecular formula is C28H33IN2O6. The normalized spacial score (nSPS) is 23.3. The lowest BCUT2D eigenvalue weighted by Crippen LogP contribution is -2.57. The van der Waals surface area contributed by atoms with Crippen LogP contribution in [0.25, 0.3) is 0 Å². The van der Waals surface area contributed by atoms with E-state index >= 15 is 0 Å². The number of aliphatic hydroxyl groups excluding tert-OH is 2. The number of rotatable bonds is 10. The van der Waals surface area contributed by atoms with Crippen LogP contribution in [0.4, 0.5) is 0 Å². The number of benzene rings is 2. The molecular weight excluding hydrogens is 587 g/mol. The van der Waals surface area contributed by atoms with Crippen molar-refractivity contribution in [3.05, 3.63) is 75.4 Å². The summed E-state index contributed by atoms with van der Waals surface area (Å²) in [7, 11) is 0. The Hall–Kier alpha value is -2.47. The van der Waals surface area contributed by atoms with Gasteiger partial charge in [0.1, 0.15) is 18.0 Å². The average Bonchev–Trinajstić information content (AvgIpc) is 3.42. The van der Waals surface area contributed by atoms with Gasteiger partial charge in [-0.3, -0.25) is 9.59 Å². The molecule has 4 rings (SSSR count). The molecule has 1 saturated heterocycles. The van der Waals surface area contributed by atoms with Gasteiger partial charge in [-0.25, -0.2) is 0 Å². The van der Waals surface area contributed by atoms with Crippen LogP contribution in [-0.4, -0.2) is 77.6 Å². The molecule has 198 valence electrons. The van der Waals surface area contributed by atoms with Crippen molar-refractivity contribution >= 4 is 34.4 Å². The standard InChI is InChI=1S/C28H33IN2O6/c29-22-10-4-5-11-24(22)37-25-17-20(28(35)30-12-13-32)16-23(27(25)34)31(18-21-9-6-14-36-21)26(33)15-19-7-2-1-3-8-19/h1-5,7-8,10-11,17,21,23,25,27,32,34H,6,9,12-16,18H2,(H,30,35)/t21-,23+,25-,27-/m0/s1. The van der Waals surface area contributed by atoms with Crippen molar-refractivity contribution in [1.82, 2.24) is 10.2 Å². The molecule has 0 spiro atoms. The quantitative estimate of drug-likeness (QED) is 0.353. The van der Waals surface area contributed by atoms with Gasteiger partial charge >= 0.3 is 0 Å². The van der Waals surface area contributed by atoms with Crippen LogP contribution in [0.1, 0.15) is 24.8 Å². The minimum atomic E-state index is -1.06. The Morgan fingerprint density at radius 2 is 1.89 bits per heavy atom. The Balaban J connectivity index is 1.64. The number of carbonyl (C=O) groups is 2. The summed E-state index contributed by atoms with van der Waals surface area (Å²) >= 11 is 2.16. The summed E-state index contributed by atoms with van der Waals surface area (Å²) in [5.41, 5.74) is 1.28. The maximum Gasteiger partial charge on any atom is 0.247 e. The molecule has 1 aliphatic carbocycles. The minimum Gasteiger partial charge on any atom is -0.482 e. The number of amides is 2. The van der Waals surface area contributed by atoms with Crippen molar-refractivity contribution in [1.29, 1.82) is 0 Å². The molecule has 2 aromatic carbocycles. The van der Waals surface area contributed by atoms with E-state index < -0.39 is 18.2 Å². The number of nitrogens with one attached hydrogen (secondary N) is 1.